The van der Waals surface area contributed by atoms with Gasteiger partial charge in [0.2, 0.25) is 0 Å². The van der Waals surface area contributed by atoms with E-state index < -0.39 is 5.91 Å². The Hall–Kier alpha value is -2.91. The molecule has 5 nitrogen and oxygen atoms in total. The van der Waals surface area contributed by atoms with Crippen molar-refractivity contribution in [1.82, 2.24) is 0 Å². The summed E-state index contributed by atoms with van der Waals surface area (Å²) in [5.74, 6) is 0.543. The summed E-state index contributed by atoms with van der Waals surface area (Å²) in [5.41, 5.74) is 0.785. The molecule has 8 heteroatoms. The molecule has 1 N–H and O–H groups in total. The van der Waals surface area contributed by atoms with Gasteiger partial charge in [-0.3, -0.25) is 4.79 Å². The van der Waals surface area contributed by atoms with Crippen molar-refractivity contribution in [2.24, 2.45) is 0 Å². The number of hydrogen-bond donors (Lipinski definition) is 1. The molecule has 3 aromatic rings. The number of ether oxygens (including phenoxy) is 1. The quantitative estimate of drug-likeness (QED) is 0.360. The standard InChI is InChI=1S/C21H13Cl3N2O3/c1-28-20-6-3-14(23)10-18(20)26-21(27)12(11-25)8-15-4-7-19(29-15)16-9-13(22)2-5-17(16)24/h2-10H,1H3,(H,26,27)/b12-8+. The average Bonchev–Trinajstić information content (AvgIpc) is 3.16. The molecular weight excluding hydrogens is 435 g/mol. The van der Waals surface area contributed by atoms with Crippen LogP contribution >= 0.6 is 34.8 Å². The van der Waals surface area contributed by atoms with Crippen molar-refractivity contribution in [1.29, 1.82) is 5.26 Å². The predicted octanol–water partition coefficient (Wildman–Crippen LogP) is 6.46. The van der Waals surface area contributed by atoms with Crippen molar-refractivity contribution in [3.63, 3.8) is 0 Å². The van der Waals surface area contributed by atoms with Crippen LogP contribution in [0.5, 0.6) is 5.75 Å². The van der Waals surface area contributed by atoms with Crippen LogP contribution in [0.1, 0.15) is 5.76 Å². The Morgan fingerprint density at radius 2 is 1.83 bits per heavy atom. The van der Waals surface area contributed by atoms with E-state index >= 15 is 0 Å². The van der Waals surface area contributed by atoms with Gasteiger partial charge >= 0.3 is 0 Å². The van der Waals surface area contributed by atoms with E-state index in [1.54, 1.807) is 42.5 Å². The highest BCUT2D eigenvalue weighted by atomic mass is 35.5. The minimum absolute atomic E-state index is 0.162. The van der Waals surface area contributed by atoms with Gasteiger partial charge in [-0.25, -0.2) is 0 Å². The number of nitrogens with one attached hydrogen (secondary N) is 1. The number of methoxy groups -OCH3 is 1. The van der Waals surface area contributed by atoms with E-state index in [1.807, 2.05) is 6.07 Å². The third kappa shape index (κ3) is 4.93. The zero-order chi connectivity index (χ0) is 21.0. The fraction of sp³-hybridized carbons (Fsp3) is 0.0476. The van der Waals surface area contributed by atoms with Gasteiger partial charge in [-0.15, -0.1) is 0 Å². The second-order valence-electron chi connectivity index (χ2n) is 5.79. The average molecular weight is 448 g/mol. The van der Waals surface area contributed by atoms with Crippen LogP contribution in [0, 0.1) is 11.3 Å². The fourth-order valence-electron chi connectivity index (χ4n) is 2.52. The van der Waals surface area contributed by atoms with Gasteiger partial charge in [0.1, 0.15) is 28.9 Å². The first-order valence-electron chi connectivity index (χ1n) is 8.23. The number of benzene rings is 2. The lowest BCUT2D eigenvalue weighted by Gasteiger charge is -2.09. The summed E-state index contributed by atoms with van der Waals surface area (Å²) in [5, 5.41) is 13.4. The van der Waals surface area contributed by atoms with Gasteiger partial charge in [0.25, 0.3) is 5.91 Å². The van der Waals surface area contributed by atoms with Crippen molar-refractivity contribution in [3.05, 3.63) is 74.9 Å². The van der Waals surface area contributed by atoms with Gasteiger partial charge < -0.3 is 14.5 Å². The highest BCUT2D eigenvalue weighted by Gasteiger charge is 2.15. The second-order valence-corrected chi connectivity index (χ2v) is 7.07. The minimum Gasteiger partial charge on any atom is -0.495 e. The summed E-state index contributed by atoms with van der Waals surface area (Å²) in [7, 11) is 1.46. The van der Waals surface area contributed by atoms with Crippen LogP contribution in [0.25, 0.3) is 17.4 Å². The molecule has 0 atom stereocenters. The fourth-order valence-corrected chi connectivity index (χ4v) is 3.07. The topological polar surface area (TPSA) is 75.3 Å². The molecule has 1 heterocycles. The lowest BCUT2D eigenvalue weighted by Crippen LogP contribution is -2.14. The Labute approximate surface area is 182 Å². The number of furan rings is 1. The van der Waals surface area contributed by atoms with Crippen molar-refractivity contribution in [2.45, 2.75) is 0 Å². The van der Waals surface area contributed by atoms with Gasteiger partial charge in [0, 0.05) is 21.7 Å². The normalized spacial score (nSPS) is 11.1. The molecule has 0 saturated heterocycles. The Balaban J connectivity index is 1.86. The van der Waals surface area contributed by atoms with Crippen LogP contribution in [0.4, 0.5) is 5.69 Å². The van der Waals surface area contributed by atoms with Crippen molar-refractivity contribution in [2.75, 3.05) is 12.4 Å². The molecule has 1 amide bonds. The summed E-state index contributed by atoms with van der Waals surface area (Å²) in [6, 6.07) is 14.9. The molecule has 0 fully saturated rings. The summed E-state index contributed by atoms with van der Waals surface area (Å²) in [6.45, 7) is 0. The molecule has 2 aromatic carbocycles. The SMILES string of the molecule is COc1ccc(Cl)cc1NC(=O)/C(C#N)=C/c1ccc(-c2cc(Cl)ccc2Cl)o1. The molecule has 0 aliphatic rings. The zero-order valence-electron chi connectivity index (χ0n) is 15.0. The lowest BCUT2D eigenvalue weighted by molar-refractivity contribution is -0.112. The van der Waals surface area contributed by atoms with Gasteiger partial charge in [-0.05, 0) is 48.5 Å². The first-order valence-corrected chi connectivity index (χ1v) is 9.36. The summed E-state index contributed by atoms with van der Waals surface area (Å²) < 4.78 is 10.9. The molecule has 1 aromatic heterocycles. The molecule has 29 heavy (non-hydrogen) atoms. The van der Waals surface area contributed by atoms with Crippen LogP contribution in [0.2, 0.25) is 15.1 Å². The summed E-state index contributed by atoms with van der Waals surface area (Å²) in [6.07, 6.45) is 1.33. The third-order valence-electron chi connectivity index (χ3n) is 3.88. The van der Waals surface area contributed by atoms with Crippen molar-refractivity contribution >= 4 is 52.5 Å². The molecule has 0 unspecified atom stereocenters. The molecule has 0 aliphatic carbocycles. The van der Waals surface area contributed by atoms with E-state index in [0.29, 0.717) is 43.6 Å². The predicted molar refractivity (Wildman–Crippen MR) is 114 cm³/mol. The smallest absolute Gasteiger partial charge is 0.266 e. The van der Waals surface area contributed by atoms with Crippen molar-refractivity contribution < 1.29 is 13.9 Å². The Morgan fingerprint density at radius 3 is 2.55 bits per heavy atom. The number of halogens is 3. The highest BCUT2D eigenvalue weighted by molar-refractivity contribution is 6.35. The number of nitrogens with zero attached hydrogens (tertiary/aromatic N) is 1. The molecule has 0 bridgehead atoms. The minimum atomic E-state index is -0.633. The summed E-state index contributed by atoms with van der Waals surface area (Å²) in [4.78, 5) is 12.5. The molecule has 0 saturated carbocycles. The van der Waals surface area contributed by atoms with Crippen LogP contribution < -0.4 is 10.1 Å². The Bertz CT molecular complexity index is 1150. The Morgan fingerprint density at radius 1 is 1.10 bits per heavy atom. The van der Waals surface area contributed by atoms with E-state index in [0.717, 1.165) is 0 Å². The monoisotopic (exact) mass is 446 g/mol. The van der Waals surface area contributed by atoms with E-state index in [1.165, 1.54) is 19.3 Å². The largest absolute Gasteiger partial charge is 0.495 e. The first kappa shape index (κ1) is 20.8. The molecule has 0 spiro atoms. The molecule has 146 valence electrons. The maximum atomic E-state index is 12.5. The van der Waals surface area contributed by atoms with Crippen LogP contribution in [-0.4, -0.2) is 13.0 Å². The number of carbonyl (C=O) groups excluding carboxylic acids is 1. The lowest BCUT2D eigenvalue weighted by atomic mass is 10.2. The highest BCUT2D eigenvalue weighted by Crippen LogP contribution is 2.32. The number of nitriles is 1. The molecule has 0 radical (unpaired) electrons. The maximum Gasteiger partial charge on any atom is 0.266 e. The van der Waals surface area contributed by atoms with Gasteiger partial charge in [-0.1, -0.05) is 34.8 Å². The van der Waals surface area contributed by atoms with E-state index in [4.69, 9.17) is 44.0 Å². The van der Waals surface area contributed by atoms with Gasteiger partial charge in [-0.2, -0.15) is 5.26 Å². The maximum absolute atomic E-state index is 12.5. The van der Waals surface area contributed by atoms with Crippen LogP contribution in [0.3, 0.4) is 0 Å². The Kier molecular flexibility index (Phi) is 6.50. The molecule has 3 rings (SSSR count). The summed E-state index contributed by atoms with van der Waals surface area (Å²) >= 11 is 18.2. The van der Waals surface area contributed by atoms with E-state index in [9.17, 15) is 10.1 Å². The van der Waals surface area contributed by atoms with Crippen LogP contribution in [-0.2, 0) is 4.79 Å². The van der Waals surface area contributed by atoms with Gasteiger partial charge in [0.15, 0.2) is 0 Å². The van der Waals surface area contributed by atoms with E-state index in [2.05, 4.69) is 5.32 Å². The first-order chi connectivity index (χ1) is 13.9. The van der Waals surface area contributed by atoms with Crippen molar-refractivity contribution in [3.8, 4) is 23.1 Å². The molecular formula is C21H13Cl3N2O3. The number of amides is 1. The van der Waals surface area contributed by atoms with Gasteiger partial charge in [0.05, 0.1) is 17.8 Å². The number of hydrogen-bond acceptors (Lipinski definition) is 4. The second kappa shape index (κ2) is 9.06. The zero-order valence-corrected chi connectivity index (χ0v) is 17.3. The molecule has 0 aliphatic heterocycles. The number of carbonyl (C=O) groups is 1. The van der Waals surface area contributed by atoms with Crippen LogP contribution in [0.15, 0.2) is 58.5 Å². The third-order valence-corrected chi connectivity index (χ3v) is 4.68. The number of rotatable bonds is 5. The number of anilines is 1. The van der Waals surface area contributed by atoms with E-state index in [-0.39, 0.29) is 5.57 Å².